The number of esters is 1. The third kappa shape index (κ3) is 5.46. The highest BCUT2D eigenvalue weighted by atomic mass is 16.6. The van der Waals surface area contributed by atoms with Crippen LogP contribution < -0.4 is 10.6 Å². The van der Waals surface area contributed by atoms with Gasteiger partial charge >= 0.3 is 12.1 Å². The summed E-state index contributed by atoms with van der Waals surface area (Å²) in [7, 11) is 1.34. The van der Waals surface area contributed by atoms with Gasteiger partial charge in [0, 0.05) is 32.2 Å². The van der Waals surface area contributed by atoms with Gasteiger partial charge in [-0.05, 0) is 70.1 Å². The number of nitrogens with zero attached hydrogens (tertiary/aromatic N) is 1. The quantitative estimate of drug-likeness (QED) is 0.608. The molecule has 1 unspecified atom stereocenters. The molecule has 1 aromatic carbocycles. The van der Waals surface area contributed by atoms with E-state index in [0.717, 1.165) is 32.3 Å². The molecular weight excluding hydrogens is 438 g/mol. The molecule has 1 saturated carbocycles. The van der Waals surface area contributed by atoms with Crippen LogP contribution in [0.15, 0.2) is 18.2 Å². The summed E-state index contributed by atoms with van der Waals surface area (Å²) in [5, 5.41) is 6.35. The highest BCUT2D eigenvalue weighted by Crippen LogP contribution is 2.59. The van der Waals surface area contributed by atoms with E-state index in [2.05, 4.69) is 10.6 Å². The predicted molar refractivity (Wildman–Crippen MR) is 127 cm³/mol. The summed E-state index contributed by atoms with van der Waals surface area (Å²) in [5.74, 6) is -0.547. The summed E-state index contributed by atoms with van der Waals surface area (Å²) in [4.78, 5) is 39.2. The Balaban J connectivity index is 1.36. The van der Waals surface area contributed by atoms with Crippen LogP contribution in [0.3, 0.4) is 0 Å². The molecule has 2 aliphatic heterocycles. The molecule has 1 spiro atoms. The number of carbonyl (C=O) groups excluding carboxylic acids is 3. The molecule has 9 heteroatoms. The number of nitrogens with one attached hydrogen (secondary N) is 2. The van der Waals surface area contributed by atoms with Crippen LogP contribution in [0.1, 0.15) is 56.8 Å². The van der Waals surface area contributed by atoms with E-state index in [4.69, 9.17) is 14.2 Å². The van der Waals surface area contributed by atoms with E-state index in [0.29, 0.717) is 36.6 Å². The van der Waals surface area contributed by atoms with Crippen molar-refractivity contribution >= 4 is 29.3 Å². The molecule has 2 atom stereocenters. The van der Waals surface area contributed by atoms with Gasteiger partial charge in [-0.15, -0.1) is 0 Å². The Bertz CT molecular complexity index is 944. The minimum absolute atomic E-state index is 0.0283. The summed E-state index contributed by atoms with van der Waals surface area (Å²) >= 11 is 0. The summed E-state index contributed by atoms with van der Waals surface area (Å²) in [6.07, 6.45) is 3.22. The number of piperidine rings is 1. The topological polar surface area (TPSA) is 106 Å². The van der Waals surface area contributed by atoms with Crippen LogP contribution in [0.25, 0.3) is 0 Å². The van der Waals surface area contributed by atoms with Crippen molar-refractivity contribution in [3.05, 3.63) is 23.8 Å². The first-order chi connectivity index (χ1) is 16.1. The van der Waals surface area contributed by atoms with Crippen molar-refractivity contribution in [1.82, 2.24) is 4.90 Å². The van der Waals surface area contributed by atoms with Gasteiger partial charge in [0.2, 0.25) is 5.91 Å². The highest BCUT2D eigenvalue weighted by Gasteiger charge is 2.59. The molecule has 2 heterocycles. The van der Waals surface area contributed by atoms with E-state index < -0.39 is 11.6 Å². The molecule has 0 radical (unpaired) electrons. The molecule has 3 fully saturated rings. The van der Waals surface area contributed by atoms with Gasteiger partial charge in [0.15, 0.2) is 0 Å². The average molecular weight is 474 g/mol. The third-order valence-electron chi connectivity index (χ3n) is 6.93. The molecular formula is C25H35N3O6. The molecule has 9 nitrogen and oxygen atoms in total. The van der Waals surface area contributed by atoms with Crippen molar-refractivity contribution in [3.8, 4) is 0 Å². The zero-order valence-corrected chi connectivity index (χ0v) is 20.4. The Morgan fingerprint density at radius 2 is 1.88 bits per heavy atom. The minimum atomic E-state index is -0.520. The fourth-order valence-electron chi connectivity index (χ4n) is 4.67. The van der Waals surface area contributed by atoms with Crippen molar-refractivity contribution in [3.63, 3.8) is 0 Å². The number of ether oxygens (including phenoxy) is 3. The Hall–Kier alpha value is -2.81. The van der Waals surface area contributed by atoms with Crippen LogP contribution in [0.5, 0.6) is 0 Å². The second-order valence-corrected chi connectivity index (χ2v) is 10.5. The third-order valence-corrected chi connectivity index (χ3v) is 6.93. The molecule has 1 aromatic rings. The van der Waals surface area contributed by atoms with Gasteiger partial charge in [-0.3, -0.25) is 4.79 Å². The average Bonchev–Trinajstić information content (AvgIpc) is 3.45. The number of anilines is 2. The second-order valence-electron chi connectivity index (χ2n) is 10.5. The normalized spacial score (nSPS) is 23.0. The van der Waals surface area contributed by atoms with E-state index in [1.54, 1.807) is 23.1 Å². The van der Waals surface area contributed by atoms with Crippen LogP contribution >= 0.6 is 0 Å². The lowest BCUT2D eigenvalue weighted by molar-refractivity contribution is -0.118. The number of likely N-dealkylation sites (tertiary alicyclic amines) is 1. The van der Waals surface area contributed by atoms with Crippen LogP contribution in [-0.2, 0) is 19.0 Å². The summed E-state index contributed by atoms with van der Waals surface area (Å²) in [6.45, 7) is 8.13. The number of carbonyl (C=O) groups is 3. The maximum atomic E-state index is 13.1. The van der Waals surface area contributed by atoms with Crippen molar-refractivity contribution in [2.45, 2.75) is 58.2 Å². The number of methoxy groups -OCH3 is 1. The van der Waals surface area contributed by atoms with Crippen LogP contribution in [0.4, 0.5) is 16.2 Å². The molecule has 1 aliphatic carbocycles. The summed E-state index contributed by atoms with van der Waals surface area (Å²) in [6, 6.07) is 5.07. The molecule has 186 valence electrons. The number of hydrogen-bond donors (Lipinski definition) is 2. The van der Waals surface area contributed by atoms with Gasteiger partial charge < -0.3 is 29.7 Å². The number of benzene rings is 1. The van der Waals surface area contributed by atoms with Crippen LogP contribution in [-0.4, -0.2) is 67.9 Å². The number of rotatable bonds is 6. The lowest BCUT2D eigenvalue weighted by Crippen LogP contribution is -2.43. The number of hydrogen-bond acceptors (Lipinski definition) is 7. The summed E-state index contributed by atoms with van der Waals surface area (Å²) in [5.41, 5.74) is 1.14. The molecule has 34 heavy (non-hydrogen) atoms. The maximum Gasteiger partial charge on any atom is 0.410 e. The Morgan fingerprint density at radius 1 is 1.18 bits per heavy atom. The summed E-state index contributed by atoms with van der Waals surface area (Å²) < 4.78 is 15.8. The van der Waals surface area contributed by atoms with Gasteiger partial charge in [-0.1, -0.05) is 0 Å². The maximum absolute atomic E-state index is 13.1. The minimum Gasteiger partial charge on any atom is -0.465 e. The Labute approximate surface area is 200 Å². The standard InChI is InChI=1S/C25H35N3O6/c1-24(2,3)34-23(31)28-10-8-25(9-11-28)14-18(25)21(29)27-19-6-5-16(22(30)32-4)13-20(19)26-15-17-7-12-33-17/h5-6,13,17-18,26H,7-12,14-15H2,1-4H3,(H,27,29)/t17-,18?/m0/s1. The SMILES string of the molecule is COC(=O)c1ccc(NC(=O)C2CC23CCN(C(=O)OC(C)(C)C)CC3)c(NC[C@@H]2CCO2)c1. The molecule has 0 bridgehead atoms. The van der Waals surface area contributed by atoms with Gasteiger partial charge in [0.1, 0.15) is 5.60 Å². The number of amides is 2. The van der Waals surface area contributed by atoms with Gasteiger partial charge in [0.25, 0.3) is 0 Å². The van der Waals surface area contributed by atoms with Gasteiger partial charge in [0.05, 0.1) is 30.2 Å². The molecule has 2 N–H and O–H groups in total. The van der Waals surface area contributed by atoms with Crippen LogP contribution in [0, 0.1) is 11.3 Å². The molecule has 0 aromatic heterocycles. The van der Waals surface area contributed by atoms with E-state index in [1.165, 1.54) is 7.11 Å². The van der Waals surface area contributed by atoms with Crippen molar-refractivity contribution in [2.24, 2.45) is 11.3 Å². The van der Waals surface area contributed by atoms with E-state index in [9.17, 15) is 14.4 Å². The fourth-order valence-corrected chi connectivity index (χ4v) is 4.67. The predicted octanol–water partition coefficient (Wildman–Crippen LogP) is 3.65. The van der Waals surface area contributed by atoms with Crippen LogP contribution in [0.2, 0.25) is 0 Å². The largest absolute Gasteiger partial charge is 0.465 e. The first-order valence-electron chi connectivity index (χ1n) is 12.0. The first-order valence-corrected chi connectivity index (χ1v) is 12.0. The van der Waals surface area contributed by atoms with Crippen molar-refractivity contribution in [2.75, 3.05) is 44.0 Å². The van der Waals surface area contributed by atoms with Crippen molar-refractivity contribution < 1.29 is 28.6 Å². The van der Waals surface area contributed by atoms with E-state index >= 15 is 0 Å². The molecule has 2 saturated heterocycles. The lowest BCUT2D eigenvalue weighted by Gasteiger charge is -2.34. The molecule has 4 rings (SSSR count). The zero-order chi connectivity index (χ0) is 24.5. The van der Waals surface area contributed by atoms with Gasteiger partial charge in [-0.25, -0.2) is 9.59 Å². The van der Waals surface area contributed by atoms with E-state index in [1.807, 2.05) is 20.8 Å². The highest BCUT2D eigenvalue weighted by molar-refractivity contribution is 5.99. The Kier molecular flexibility index (Phi) is 6.75. The van der Waals surface area contributed by atoms with Crippen molar-refractivity contribution in [1.29, 1.82) is 0 Å². The molecule has 2 amide bonds. The fraction of sp³-hybridized carbons (Fsp3) is 0.640. The lowest BCUT2D eigenvalue weighted by atomic mass is 9.90. The second kappa shape index (κ2) is 9.44. The van der Waals surface area contributed by atoms with Gasteiger partial charge in [-0.2, -0.15) is 0 Å². The smallest absolute Gasteiger partial charge is 0.410 e. The zero-order valence-electron chi connectivity index (χ0n) is 20.4. The first kappa shape index (κ1) is 24.3. The monoisotopic (exact) mass is 473 g/mol. The molecule has 3 aliphatic rings. The Morgan fingerprint density at radius 3 is 2.47 bits per heavy atom. The van der Waals surface area contributed by atoms with E-state index in [-0.39, 0.29) is 29.4 Å².